The Bertz CT molecular complexity index is 465. The average molecular weight is 250 g/mol. The van der Waals surface area contributed by atoms with E-state index in [1.807, 2.05) is 12.2 Å². The van der Waals surface area contributed by atoms with Gasteiger partial charge in [0.1, 0.15) is 0 Å². The standard InChI is InChI=1S/C12H14N2O4/c15-11(16)13-5-1-9(2-6-13)10-3-7-14(8-4-10)12(17)18/h1-3,5H,4,6-8H2,(H,15,16)(H,17,18). The van der Waals surface area contributed by atoms with Gasteiger partial charge in [0, 0.05) is 25.8 Å². The van der Waals surface area contributed by atoms with Gasteiger partial charge in [0.15, 0.2) is 0 Å². The van der Waals surface area contributed by atoms with Crippen LogP contribution < -0.4 is 0 Å². The molecule has 0 radical (unpaired) electrons. The van der Waals surface area contributed by atoms with Crippen molar-refractivity contribution in [2.24, 2.45) is 0 Å². The van der Waals surface area contributed by atoms with E-state index in [-0.39, 0.29) is 0 Å². The first-order chi connectivity index (χ1) is 8.58. The molecule has 0 bridgehead atoms. The normalized spacial score (nSPS) is 19.3. The van der Waals surface area contributed by atoms with Crippen LogP contribution in [0.2, 0.25) is 0 Å². The summed E-state index contributed by atoms with van der Waals surface area (Å²) < 4.78 is 0. The molecule has 2 aliphatic rings. The fraction of sp³-hybridized carbons (Fsp3) is 0.333. The zero-order chi connectivity index (χ0) is 13.1. The third-order valence-corrected chi connectivity index (χ3v) is 3.04. The van der Waals surface area contributed by atoms with Crippen molar-refractivity contribution < 1.29 is 19.8 Å². The molecule has 0 aromatic carbocycles. The minimum absolute atomic E-state index is 0.334. The largest absolute Gasteiger partial charge is 0.465 e. The van der Waals surface area contributed by atoms with Gasteiger partial charge in [-0.15, -0.1) is 0 Å². The summed E-state index contributed by atoms with van der Waals surface area (Å²) in [6.45, 7) is 1.20. The van der Waals surface area contributed by atoms with E-state index in [0.717, 1.165) is 11.1 Å². The van der Waals surface area contributed by atoms with Crippen molar-refractivity contribution in [1.29, 1.82) is 0 Å². The van der Waals surface area contributed by atoms with Gasteiger partial charge in [-0.3, -0.25) is 4.90 Å². The molecule has 2 amide bonds. The highest BCUT2D eigenvalue weighted by Gasteiger charge is 2.18. The van der Waals surface area contributed by atoms with Crippen molar-refractivity contribution in [3.63, 3.8) is 0 Å². The maximum atomic E-state index is 10.8. The number of carbonyl (C=O) groups is 2. The maximum absolute atomic E-state index is 10.8. The molecular formula is C12H14N2O4. The molecule has 2 rings (SSSR count). The van der Waals surface area contributed by atoms with E-state index in [2.05, 4.69) is 0 Å². The van der Waals surface area contributed by atoms with Crippen LogP contribution in [0.1, 0.15) is 6.42 Å². The van der Waals surface area contributed by atoms with Crippen molar-refractivity contribution >= 4 is 12.2 Å². The summed E-state index contributed by atoms with van der Waals surface area (Å²) in [6, 6.07) is 0. The van der Waals surface area contributed by atoms with E-state index in [9.17, 15) is 9.59 Å². The summed E-state index contributed by atoms with van der Waals surface area (Å²) in [6.07, 6.45) is 5.78. The lowest BCUT2D eigenvalue weighted by atomic mass is 9.98. The molecule has 0 spiro atoms. The Labute approximate surface area is 104 Å². The number of amides is 2. The first-order valence-electron chi connectivity index (χ1n) is 5.63. The number of rotatable bonds is 1. The van der Waals surface area contributed by atoms with Gasteiger partial charge in [-0.2, -0.15) is 0 Å². The first kappa shape index (κ1) is 12.2. The van der Waals surface area contributed by atoms with Gasteiger partial charge >= 0.3 is 12.2 Å². The second-order valence-electron chi connectivity index (χ2n) is 4.12. The minimum atomic E-state index is -0.976. The van der Waals surface area contributed by atoms with E-state index in [0.29, 0.717) is 26.1 Å². The SMILES string of the molecule is O=C(O)N1C=CC(C2=CCN(C(=O)O)CC2)=CC1. The lowest BCUT2D eigenvalue weighted by molar-refractivity contribution is 0.149. The summed E-state index contributed by atoms with van der Waals surface area (Å²) >= 11 is 0. The van der Waals surface area contributed by atoms with Crippen molar-refractivity contribution in [1.82, 2.24) is 9.80 Å². The molecule has 0 atom stereocenters. The molecule has 18 heavy (non-hydrogen) atoms. The second-order valence-corrected chi connectivity index (χ2v) is 4.12. The lowest BCUT2D eigenvalue weighted by Crippen LogP contribution is -2.34. The Balaban J connectivity index is 2.01. The summed E-state index contributed by atoms with van der Waals surface area (Å²) in [5, 5.41) is 17.6. The average Bonchev–Trinajstić information content (AvgIpc) is 2.39. The Kier molecular flexibility index (Phi) is 3.36. The summed E-state index contributed by atoms with van der Waals surface area (Å²) in [7, 11) is 0. The smallest absolute Gasteiger partial charge is 0.411 e. The molecule has 2 aliphatic heterocycles. The van der Waals surface area contributed by atoms with Gasteiger partial charge < -0.3 is 15.1 Å². The van der Waals surface area contributed by atoms with Crippen LogP contribution in [0.15, 0.2) is 35.6 Å². The van der Waals surface area contributed by atoms with Crippen molar-refractivity contribution in [2.45, 2.75) is 6.42 Å². The fourth-order valence-electron chi connectivity index (χ4n) is 1.98. The molecule has 0 aromatic rings. The fourth-order valence-corrected chi connectivity index (χ4v) is 1.98. The number of carboxylic acid groups (broad SMARTS) is 2. The lowest BCUT2D eigenvalue weighted by Gasteiger charge is -2.25. The summed E-state index contributed by atoms with van der Waals surface area (Å²) in [5.74, 6) is 0. The zero-order valence-corrected chi connectivity index (χ0v) is 9.74. The molecular weight excluding hydrogens is 236 g/mol. The molecule has 0 saturated heterocycles. The highest BCUT2D eigenvalue weighted by molar-refractivity contribution is 5.68. The van der Waals surface area contributed by atoms with Gasteiger partial charge in [-0.05, 0) is 23.6 Å². The molecule has 6 nitrogen and oxygen atoms in total. The third kappa shape index (κ3) is 2.53. The Morgan fingerprint density at radius 1 is 1.11 bits per heavy atom. The molecule has 0 aliphatic carbocycles. The third-order valence-electron chi connectivity index (χ3n) is 3.04. The van der Waals surface area contributed by atoms with Gasteiger partial charge in [-0.25, -0.2) is 9.59 Å². The Morgan fingerprint density at radius 3 is 2.33 bits per heavy atom. The van der Waals surface area contributed by atoms with Crippen LogP contribution in [0.25, 0.3) is 0 Å². The van der Waals surface area contributed by atoms with Gasteiger partial charge in [0.2, 0.25) is 0 Å². The van der Waals surface area contributed by atoms with Gasteiger partial charge in [0.05, 0.1) is 0 Å². The van der Waals surface area contributed by atoms with Crippen molar-refractivity contribution in [2.75, 3.05) is 19.6 Å². The Hall–Kier alpha value is -2.24. The predicted octanol–water partition coefficient (Wildman–Crippen LogP) is 1.73. The minimum Gasteiger partial charge on any atom is -0.465 e. The molecule has 2 heterocycles. The monoisotopic (exact) mass is 250 g/mol. The second kappa shape index (κ2) is 4.95. The van der Waals surface area contributed by atoms with Gasteiger partial charge in [0.25, 0.3) is 0 Å². The van der Waals surface area contributed by atoms with E-state index in [1.54, 1.807) is 6.08 Å². The topological polar surface area (TPSA) is 81.1 Å². The quantitative estimate of drug-likeness (QED) is 0.742. The van der Waals surface area contributed by atoms with E-state index >= 15 is 0 Å². The highest BCUT2D eigenvalue weighted by Crippen LogP contribution is 2.22. The highest BCUT2D eigenvalue weighted by atomic mass is 16.4. The van der Waals surface area contributed by atoms with Crippen molar-refractivity contribution in [3.05, 3.63) is 35.6 Å². The Morgan fingerprint density at radius 2 is 1.89 bits per heavy atom. The molecule has 0 unspecified atom stereocenters. The molecule has 0 saturated carbocycles. The molecule has 2 N–H and O–H groups in total. The first-order valence-corrected chi connectivity index (χ1v) is 5.63. The summed E-state index contributed by atoms with van der Waals surface area (Å²) in [4.78, 5) is 24.0. The van der Waals surface area contributed by atoms with Crippen LogP contribution in [0, 0.1) is 0 Å². The molecule has 96 valence electrons. The zero-order valence-electron chi connectivity index (χ0n) is 9.74. The van der Waals surface area contributed by atoms with Crippen LogP contribution in [0.5, 0.6) is 0 Å². The molecule has 6 heteroatoms. The van der Waals surface area contributed by atoms with Gasteiger partial charge in [-0.1, -0.05) is 12.2 Å². The summed E-state index contributed by atoms with van der Waals surface area (Å²) in [5.41, 5.74) is 2.06. The van der Waals surface area contributed by atoms with E-state index < -0.39 is 12.2 Å². The maximum Gasteiger partial charge on any atom is 0.411 e. The number of allylic oxidation sites excluding steroid dienone is 2. The number of nitrogens with zero attached hydrogens (tertiary/aromatic N) is 2. The van der Waals surface area contributed by atoms with Crippen LogP contribution in [0.3, 0.4) is 0 Å². The molecule has 0 aromatic heterocycles. The van der Waals surface area contributed by atoms with Crippen LogP contribution in [0.4, 0.5) is 9.59 Å². The van der Waals surface area contributed by atoms with Crippen molar-refractivity contribution in [3.8, 4) is 0 Å². The van der Waals surface area contributed by atoms with E-state index in [1.165, 1.54) is 16.0 Å². The van der Waals surface area contributed by atoms with E-state index in [4.69, 9.17) is 10.2 Å². The number of hydrogen-bond donors (Lipinski definition) is 2. The van der Waals surface area contributed by atoms with Crippen LogP contribution in [-0.2, 0) is 0 Å². The number of hydrogen-bond acceptors (Lipinski definition) is 2. The molecule has 0 fully saturated rings. The van der Waals surface area contributed by atoms with Crippen LogP contribution >= 0.6 is 0 Å². The predicted molar refractivity (Wildman–Crippen MR) is 64.3 cm³/mol. The van der Waals surface area contributed by atoms with Crippen LogP contribution in [-0.4, -0.2) is 51.8 Å².